The van der Waals surface area contributed by atoms with E-state index in [0.717, 1.165) is 36.4 Å². The zero-order chi connectivity index (χ0) is 21.1. The van der Waals surface area contributed by atoms with Gasteiger partial charge in [0.05, 0.1) is 19.8 Å². The van der Waals surface area contributed by atoms with E-state index in [1.54, 1.807) is 7.11 Å². The minimum Gasteiger partial charge on any atom is -0.497 e. The second-order valence-corrected chi connectivity index (χ2v) is 7.57. The molecule has 1 fully saturated rings. The largest absolute Gasteiger partial charge is 0.497 e. The van der Waals surface area contributed by atoms with E-state index in [1.165, 1.54) is 12.8 Å². The van der Waals surface area contributed by atoms with Gasteiger partial charge < -0.3 is 25.4 Å². The molecule has 0 atom stereocenters. The first-order valence-corrected chi connectivity index (χ1v) is 10.7. The summed E-state index contributed by atoms with van der Waals surface area (Å²) in [5.41, 5.74) is 1.03. The molecular formula is C22H36N4O3. The lowest BCUT2D eigenvalue weighted by Gasteiger charge is -2.17. The predicted molar refractivity (Wildman–Crippen MR) is 117 cm³/mol. The summed E-state index contributed by atoms with van der Waals surface area (Å²) in [4.78, 5) is 16.3. The Morgan fingerprint density at radius 2 is 1.90 bits per heavy atom. The van der Waals surface area contributed by atoms with Crippen LogP contribution in [0, 0.1) is 5.92 Å². The molecular weight excluding hydrogens is 368 g/mol. The van der Waals surface area contributed by atoms with Crippen LogP contribution in [0.3, 0.4) is 0 Å². The van der Waals surface area contributed by atoms with Crippen molar-refractivity contribution in [2.75, 3.05) is 26.7 Å². The fourth-order valence-electron chi connectivity index (χ4n) is 3.16. The van der Waals surface area contributed by atoms with Crippen molar-refractivity contribution >= 4 is 11.9 Å². The quantitative estimate of drug-likeness (QED) is 0.317. The molecule has 29 heavy (non-hydrogen) atoms. The van der Waals surface area contributed by atoms with Crippen molar-refractivity contribution in [2.45, 2.75) is 59.1 Å². The molecule has 1 aromatic rings. The van der Waals surface area contributed by atoms with Crippen LogP contribution < -0.4 is 25.4 Å². The summed E-state index contributed by atoms with van der Waals surface area (Å²) in [6.07, 6.45) is 4.94. The topological polar surface area (TPSA) is 84.0 Å². The van der Waals surface area contributed by atoms with Gasteiger partial charge in [-0.25, -0.2) is 4.99 Å². The molecule has 0 radical (unpaired) electrons. The molecule has 1 aliphatic carbocycles. The third kappa shape index (κ3) is 7.83. The Kier molecular flexibility index (Phi) is 9.60. The van der Waals surface area contributed by atoms with Crippen LogP contribution in [0.25, 0.3) is 0 Å². The fourth-order valence-corrected chi connectivity index (χ4v) is 3.16. The molecule has 2 rings (SSSR count). The van der Waals surface area contributed by atoms with Crippen molar-refractivity contribution < 1.29 is 14.3 Å². The number of methoxy groups -OCH3 is 1. The maximum Gasteiger partial charge on any atom is 0.222 e. The van der Waals surface area contributed by atoms with E-state index < -0.39 is 0 Å². The maximum absolute atomic E-state index is 11.6. The van der Waals surface area contributed by atoms with Gasteiger partial charge in [-0.15, -0.1) is 0 Å². The number of ether oxygens (including phenoxy) is 2. The highest BCUT2D eigenvalue weighted by molar-refractivity contribution is 5.80. The van der Waals surface area contributed by atoms with Crippen molar-refractivity contribution in [2.24, 2.45) is 10.9 Å². The maximum atomic E-state index is 11.6. The van der Waals surface area contributed by atoms with Gasteiger partial charge in [0.15, 0.2) is 5.96 Å². The van der Waals surface area contributed by atoms with E-state index in [2.05, 4.69) is 20.9 Å². The summed E-state index contributed by atoms with van der Waals surface area (Å²) in [5, 5.41) is 9.40. The second kappa shape index (κ2) is 12.2. The molecule has 0 bridgehead atoms. The van der Waals surface area contributed by atoms with E-state index in [0.29, 0.717) is 25.6 Å². The molecule has 1 amide bonds. The lowest BCUT2D eigenvalue weighted by atomic mass is 10.2. The van der Waals surface area contributed by atoms with Crippen LogP contribution in [0.5, 0.6) is 11.5 Å². The molecule has 1 saturated carbocycles. The number of aliphatic imine (C=N–C) groups is 1. The number of guanidine groups is 1. The van der Waals surface area contributed by atoms with E-state index in [9.17, 15) is 4.79 Å². The van der Waals surface area contributed by atoms with E-state index in [1.807, 2.05) is 39.0 Å². The van der Waals surface area contributed by atoms with Crippen molar-refractivity contribution in [1.82, 2.24) is 16.0 Å². The van der Waals surface area contributed by atoms with E-state index in [4.69, 9.17) is 9.47 Å². The molecule has 7 heteroatoms. The molecule has 0 aliphatic heterocycles. The van der Waals surface area contributed by atoms with Crippen molar-refractivity contribution in [3.63, 3.8) is 0 Å². The lowest BCUT2D eigenvalue weighted by Crippen LogP contribution is -2.42. The summed E-state index contributed by atoms with van der Waals surface area (Å²) >= 11 is 0. The van der Waals surface area contributed by atoms with Crippen LogP contribution >= 0.6 is 0 Å². The van der Waals surface area contributed by atoms with Crippen LogP contribution in [0.15, 0.2) is 23.2 Å². The fraction of sp³-hybridized carbons (Fsp3) is 0.636. The Hall–Kier alpha value is -2.44. The van der Waals surface area contributed by atoms with Crippen molar-refractivity contribution in [3.8, 4) is 11.5 Å². The normalized spacial score (nSPS) is 14.7. The monoisotopic (exact) mass is 404 g/mol. The predicted octanol–water partition coefficient (Wildman–Crippen LogP) is 2.84. The summed E-state index contributed by atoms with van der Waals surface area (Å²) in [7, 11) is 1.66. The van der Waals surface area contributed by atoms with Gasteiger partial charge in [-0.2, -0.15) is 0 Å². The number of hydrogen-bond acceptors (Lipinski definition) is 4. The Morgan fingerprint density at radius 3 is 2.55 bits per heavy atom. The standard InChI is InChI=1S/C22H36N4O3/c1-5-23-22(25-13-12-24-21(27)16(2)3)26-15-17-10-11-19(28-4)14-20(17)29-18-8-6-7-9-18/h10-11,14,16,18H,5-9,12-13,15H2,1-4H3,(H,24,27)(H2,23,25,26). The minimum absolute atomic E-state index is 0.00901. The highest BCUT2D eigenvalue weighted by Crippen LogP contribution is 2.30. The summed E-state index contributed by atoms with van der Waals surface area (Å²) in [6, 6.07) is 5.90. The van der Waals surface area contributed by atoms with Gasteiger partial charge in [-0.05, 0) is 44.7 Å². The molecule has 162 valence electrons. The smallest absolute Gasteiger partial charge is 0.222 e. The molecule has 0 heterocycles. The summed E-state index contributed by atoms with van der Waals surface area (Å²) in [5.74, 6) is 2.40. The Labute approximate surface area is 174 Å². The van der Waals surface area contributed by atoms with Crippen LogP contribution in [-0.4, -0.2) is 44.7 Å². The number of carbonyl (C=O) groups is 1. The molecule has 0 spiro atoms. The number of nitrogens with zero attached hydrogens (tertiary/aromatic N) is 1. The molecule has 3 N–H and O–H groups in total. The number of nitrogens with one attached hydrogen (secondary N) is 3. The zero-order valence-electron chi connectivity index (χ0n) is 18.2. The van der Waals surface area contributed by atoms with E-state index in [-0.39, 0.29) is 17.9 Å². The van der Waals surface area contributed by atoms with Crippen LogP contribution in [0.4, 0.5) is 0 Å². The first-order valence-electron chi connectivity index (χ1n) is 10.7. The summed E-state index contributed by atoms with van der Waals surface area (Å²) < 4.78 is 11.6. The van der Waals surface area contributed by atoms with Gasteiger partial charge in [0.25, 0.3) is 0 Å². The first kappa shape index (κ1) is 22.8. The zero-order valence-corrected chi connectivity index (χ0v) is 18.2. The third-order valence-electron chi connectivity index (χ3n) is 4.86. The van der Waals surface area contributed by atoms with Crippen LogP contribution in [-0.2, 0) is 11.3 Å². The first-order chi connectivity index (χ1) is 14.0. The highest BCUT2D eigenvalue weighted by atomic mass is 16.5. The number of benzene rings is 1. The minimum atomic E-state index is -0.00901. The highest BCUT2D eigenvalue weighted by Gasteiger charge is 2.18. The number of hydrogen-bond donors (Lipinski definition) is 3. The van der Waals surface area contributed by atoms with Crippen LogP contribution in [0.2, 0.25) is 0 Å². The molecule has 7 nitrogen and oxygen atoms in total. The van der Waals surface area contributed by atoms with Gasteiger partial charge in [0, 0.05) is 37.2 Å². The average Bonchev–Trinajstić information content (AvgIpc) is 3.22. The molecule has 0 saturated heterocycles. The van der Waals surface area contributed by atoms with E-state index >= 15 is 0 Å². The lowest BCUT2D eigenvalue weighted by molar-refractivity contribution is -0.123. The van der Waals surface area contributed by atoms with Gasteiger partial charge in [-0.1, -0.05) is 13.8 Å². The molecule has 0 unspecified atom stereocenters. The van der Waals surface area contributed by atoms with Crippen molar-refractivity contribution in [1.29, 1.82) is 0 Å². The Bertz CT molecular complexity index is 670. The number of rotatable bonds is 10. The van der Waals surface area contributed by atoms with Gasteiger partial charge >= 0.3 is 0 Å². The van der Waals surface area contributed by atoms with Gasteiger partial charge in [0.1, 0.15) is 11.5 Å². The van der Waals surface area contributed by atoms with Gasteiger partial charge in [0.2, 0.25) is 5.91 Å². The third-order valence-corrected chi connectivity index (χ3v) is 4.86. The Morgan fingerprint density at radius 1 is 1.17 bits per heavy atom. The van der Waals surface area contributed by atoms with Crippen molar-refractivity contribution in [3.05, 3.63) is 23.8 Å². The number of amides is 1. The van der Waals surface area contributed by atoms with Crippen LogP contribution in [0.1, 0.15) is 52.0 Å². The average molecular weight is 405 g/mol. The molecule has 1 aromatic carbocycles. The Balaban J connectivity index is 1.98. The van der Waals surface area contributed by atoms with Gasteiger partial charge in [-0.3, -0.25) is 4.79 Å². The molecule has 0 aromatic heterocycles. The SMILES string of the molecule is CCNC(=NCc1ccc(OC)cc1OC1CCCC1)NCCNC(=O)C(C)C. The molecule has 1 aliphatic rings. The second-order valence-electron chi connectivity index (χ2n) is 7.57. The summed E-state index contributed by atoms with van der Waals surface area (Å²) in [6.45, 7) is 8.22. The number of carbonyl (C=O) groups excluding carboxylic acids is 1.